The largest absolute Gasteiger partial charge is 0.480 e. The molecule has 8 heteroatoms. The normalized spacial score (nSPS) is 28.4. The van der Waals surface area contributed by atoms with Crippen molar-refractivity contribution >= 4 is 17.5 Å². The first kappa shape index (κ1) is 13.8. The zero-order chi connectivity index (χ0) is 15.1. The molecule has 0 radical (unpaired) electrons. The Balaban J connectivity index is 2.04. The molecule has 1 aliphatic carbocycles. The van der Waals surface area contributed by atoms with Gasteiger partial charge >= 0.3 is 11.7 Å². The van der Waals surface area contributed by atoms with Gasteiger partial charge in [0.05, 0.1) is 4.92 Å². The molecule has 1 saturated carbocycles. The van der Waals surface area contributed by atoms with Crippen LogP contribution in [0, 0.1) is 16.0 Å². The number of anilines is 1. The van der Waals surface area contributed by atoms with Crippen molar-refractivity contribution in [2.45, 2.75) is 44.2 Å². The van der Waals surface area contributed by atoms with E-state index in [4.69, 9.17) is 0 Å². The van der Waals surface area contributed by atoms with Crippen LogP contribution in [-0.4, -0.2) is 37.9 Å². The lowest BCUT2D eigenvalue weighted by molar-refractivity contribution is -0.384. The van der Waals surface area contributed by atoms with Crippen LogP contribution in [0.2, 0.25) is 0 Å². The van der Waals surface area contributed by atoms with Crippen LogP contribution in [0.1, 0.15) is 32.1 Å². The Morgan fingerprint density at radius 1 is 1.48 bits per heavy atom. The second kappa shape index (κ2) is 5.01. The first-order chi connectivity index (χ1) is 9.99. The van der Waals surface area contributed by atoms with Gasteiger partial charge in [0.1, 0.15) is 12.2 Å². The number of nitrogens with zero attached hydrogens (tertiary/aromatic N) is 4. The van der Waals surface area contributed by atoms with E-state index in [1.54, 1.807) is 11.9 Å². The molecule has 0 spiro atoms. The Morgan fingerprint density at radius 2 is 2.19 bits per heavy atom. The molecular weight excluding hydrogens is 276 g/mol. The van der Waals surface area contributed by atoms with Crippen molar-refractivity contribution in [2.75, 3.05) is 4.90 Å². The van der Waals surface area contributed by atoms with E-state index in [2.05, 4.69) is 5.10 Å². The van der Waals surface area contributed by atoms with Gasteiger partial charge in [0.2, 0.25) is 5.82 Å². The lowest BCUT2D eigenvalue weighted by atomic mass is 9.85. The van der Waals surface area contributed by atoms with Crippen molar-refractivity contribution < 1.29 is 14.8 Å². The van der Waals surface area contributed by atoms with Crippen molar-refractivity contribution in [3.05, 3.63) is 16.3 Å². The lowest BCUT2D eigenvalue weighted by Crippen LogP contribution is -2.43. The Kier molecular flexibility index (Phi) is 3.30. The summed E-state index contributed by atoms with van der Waals surface area (Å²) in [7, 11) is 1.61. The van der Waals surface area contributed by atoms with E-state index in [1.807, 2.05) is 0 Å². The highest BCUT2D eigenvalue weighted by Crippen LogP contribution is 2.44. The fourth-order valence-electron chi connectivity index (χ4n) is 3.76. The van der Waals surface area contributed by atoms with Gasteiger partial charge in [0.25, 0.3) is 0 Å². The van der Waals surface area contributed by atoms with Gasteiger partial charge in [-0.3, -0.25) is 14.8 Å². The van der Waals surface area contributed by atoms with Crippen LogP contribution in [0.4, 0.5) is 11.5 Å². The standard InChI is InChI=1S/C13H18N4O4/c1-15-7-11(17(20)21)12(14-15)16-9-5-3-2-4-8(9)6-10(16)13(18)19/h7-10H,2-6H2,1H3,(H,18,19). The number of aliphatic carboxylic acids is 1. The highest BCUT2D eigenvalue weighted by molar-refractivity contribution is 5.80. The molecule has 21 heavy (non-hydrogen) atoms. The molecule has 2 aliphatic rings. The van der Waals surface area contributed by atoms with Crippen LogP contribution in [-0.2, 0) is 11.8 Å². The summed E-state index contributed by atoms with van der Waals surface area (Å²) in [6.45, 7) is 0. The number of aryl methyl sites for hydroxylation is 1. The maximum atomic E-state index is 11.6. The van der Waals surface area contributed by atoms with E-state index >= 15 is 0 Å². The summed E-state index contributed by atoms with van der Waals surface area (Å²) in [5.41, 5.74) is -0.116. The second-order valence-corrected chi connectivity index (χ2v) is 5.88. The van der Waals surface area contributed by atoms with Crippen molar-refractivity contribution in [3.8, 4) is 0 Å². The Labute approximate surface area is 121 Å². The van der Waals surface area contributed by atoms with E-state index in [0.717, 1.165) is 25.7 Å². The zero-order valence-corrected chi connectivity index (χ0v) is 11.8. The van der Waals surface area contributed by atoms with E-state index in [0.29, 0.717) is 12.3 Å². The quantitative estimate of drug-likeness (QED) is 0.670. The summed E-state index contributed by atoms with van der Waals surface area (Å²) in [5.74, 6) is -0.435. The molecule has 114 valence electrons. The maximum Gasteiger partial charge on any atom is 0.330 e. The number of carboxylic acids is 1. The van der Waals surface area contributed by atoms with Gasteiger partial charge in [-0.25, -0.2) is 4.79 Å². The monoisotopic (exact) mass is 294 g/mol. The average Bonchev–Trinajstić information content (AvgIpc) is 2.98. The first-order valence-electron chi connectivity index (χ1n) is 7.18. The number of carbonyl (C=O) groups is 1. The molecule has 1 aromatic rings. The van der Waals surface area contributed by atoms with E-state index in [9.17, 15) is 20.0 Å². The predicted molar refractivity (Wildman–Crippen MR) is 74.1 cm³/mol. The van der Waals surface area contributed by atoms with Gasteiger partial charge in [-0.1, -0.05) is 12.8 Å². The molecule has 2 fully saturated rings. The summed E-state index contributed by atoms with van der Waals surface area (Å²) < 4.78 is 1.38. The number of rotatable bonds is 3. The smallest absolute Gasteiger partial charge is 0.330 e. The zero-order valence-electron chi connectivity index (χ0n) is 11.8. The third kappa shape index (κ3) is 2.24. The number of fused-ring (bicyclic) bond motifs is 1. The third-order valence-corrected chi connectivity index (χ3v) is 4.61. The van der Waals surface area contributed by atoms with Crippen LogP contribution < -0.4 is 4.90 Å². The van der Waals surface area contributed by atoms with Gasteiger partial charge in [0, 0.05) is 13.1 Å². The van der Waals surface area contributed by atoms with Crippen LogP contribution in [0.3, 0.4) is 0 Å². The highest BCUT2D eigenvalue weighted by Gasteiger charge is 2.48. The summed E-state index contributed by atoms with van der Waals surface area (Å²) in [4.78, 5) is 24.0. The SMILES string of the molecule is Cn1cc([N+](=O)[O-])c(N2C(C(=O)O)CC3CCCCC32)n1. The summed E-state index contributed by atoms with van der Waals surface area (Å²) in [6.07, 6.45) is 5.89. The van der Waals surface area contributed by atoms with E-state index < -0.39 is 16.9 Å². The van der Waals surface area contributed by atoms with Gasteiger partial charge in [-0.05, 0) is 25.2 Å². The van der Waals surface area contributed by atoms with Crippen molar-refractivity contribution in [1.29, 1.82) is 0 Å². The van der Waals surface area contributed by atoms with Gasteiger partial charge in [0.15, 0.2) is 0 Å². The molecular formula is C13H18N4O4. The van der Waals surface area contributed by atoms with Gasteiger partial charge < -0.3 is 10.0 Å². The Hall–Kier alpha value is -2.12. The third-order valence-electron chi connectivity index (χ3n) is 4.61. The van der Waals surface area contributed by atoms with Crippen molar-refractivity contribution in [1.82, 2.24) is 9.78 Å². The van der Waals surface area contributed by atoms with Gasteiger partial charge in [-0.2, -0.15) is 0 Å². The van der Waals surface area contributed by atoms with Crippen molar-refractivity contribution in [2.24, 2.45) is 13.0 Å². The molecule has 2 heterocycles. The van der Waals surface area contributed by atoms with Crippen LogP contribution >= 0.6 is 0 Å². The summed E-state index contributed by atoms with van der Waals surface area (Å²) in [6, 6.07) is -0.667. The van der Waals surface area contributed by atoms with Crippen LogP contribution in [0.25, 0.3) is 0 Å². The Bertz CT molecular complexity index is 585. The molecule has 1 N–H and O–H groups in total. The van der Waals surface area contributed by atoms with E-state index in [-0.39, 0.29) is 17.5 Å². The molecule has 1 aliphatic heterocycles. The minimum atomic E-state index is -0.927. The second-order valence-electron chi connectivity index (χ2n) is 5.88. The van der Waals surface area contributed by atoms with Crippen LogP contribution in [0.5, 0.6) is 0 Å². The lowest BCUT2D eigenvalue weighted by Gasteiger charge is -2.32. The van der Waals surface area contributed by atoms with Crippen LogP contribution in [0.15, 0.2) is 6.20 Å². The minimum Gasteiger partial charge on any atom is -0.480 e. The molecule has 0 amide bonds. The molecule has 8 nitrogen and oxygen atoms in total. The van der Waals surface area contributed by atoms with Crippen molar-refractivity contribution in [3.63, 3.8) is 0 Å². The fraction of sp³-hybridized carbons (Fsp3) is 0.692. The highest BCUT2D eigenvalue weighted by atomic mass is 16.6. The fourth-order valence-corrected chi connectivity index (χ4v) is 3.76. The number of carboxylic acid groups (broad SMARTS) is 1. The predicted octanol–water partition coefficient (Wildman–Crippen LogP) is 1.55. The molecule has 0 bridgehead atoms. The Morgan fingerprint density at radius 3 is 2.86 bits per heavy atom. The summed E-state index contributed by atoms with van der Waals surface area (Å²) >= 11 is 0. The van der Waals surface area contributed by atoms with E-state index in [1.165, 1.54) is 10.9 Å². The molecule has 3 rings (SSSR count). The maximum absolute atomic E-state index is 11.6. The average molecular weight is 294 g/mol. The summed E-state index contributed by atoms with van der Waals surface area (Å²) in [5, 5.41) is 24.9. The van der Waals surface area contributed by atoms with Gasteiger partial charge in [-0.15, -0.1) is 5.10 Å². The first-order valence-corrected chi connectivity index (χ1v) is 7.18. The number of hydrogen-bond acceptors (Lipinski definition) is 5. The minimum absolute atomic E-state index is 0.0495. The molecule has 1 saturated heterocycles. The number of hydrogen-bond donors (Lipinski definition) is 1. The molecule has 1 aromatic heterocycles. The number of aromatic nitrogens is 2. The number of nitro groups is 1. The molecule has 0 aromatic carbocycles. The molecule has 3 atom stereocenters. The molecule has 3 unspecified atom stereocenters. The topological polar surface area (TPSA) is 102 Å².